The van der Waals surface area contributed by atoms with Crippen LogP contribution in [0, 0.1) is 5.92 Å². The fraction of sp³-hybridized carbons (Fsp3) is 0.917. The standard InChI is InChI=1S/C12H22N2O2/c1-13(8-10-6-11(15)7-10)9-12(16)14-4-2-3-5-14/h10-11,15H,2-9H2,1H3. The van der Waals surface area contributed by atoms with Gasteiger partial charge in [0.15, 0.2) is 0 Å². The predicted octanol–water partition coefficient (Wildman–Crippen LogP) is 0.311. The van der Waals surface area contributed by atoms with Crippen LogP contribution in [0.1, 0.15) is 25.7 Å². The maximum Gasteiger partial charge on any atom is 0.236 e. The van der Waals surface area contributed by atoms with Crippen LogP contribution in [0.5, 0.6) is 0 Å². The number of likely N-dealkylation sites (N-methyl/N-ethyl adjacent to an activating group) is 1. The number of hydrogen-bond donors (Lipinski definition) is 1. The maximum atomic E-state index is 11.8. The third kappa shape index (κ3) is 2.95. The van der Waals surface area contributed by atoms with E-state index in [1.165, 1.54) is 0 Å². The van der Waals surface area contributed by atoms with E-state index in [4.69, 9.17) is 0 Å². The van der Waals surface area contributed by atoms with Gasteiger partial charge in [0.25, 0.3) is 0 Å². The zero-order valence-corrected chi connectivity index (χ0v) is 10.1. The Hall–Kier alpha value is -0.610. The lowest BCUT2D eigenvalue weighted by Gasteiger charge is -2.34. The van der Waals surface area contributed by atoms with Gasteiger partial charge in [0.2, 0.25) is 5.91 Å². The fourth-order valence-electron chi connectivity index (χ4n) is 2.65. The Balaban J connectivity index is 1.66. The monoisotopic (exact) mass is 226 g/mol. The molecule has 1 amide bonds. The molecular weight excluding hydrogens is 204 g/mol. The molecule has 1 N–H and O–H groups in total. The van der Waals surface area contributed by atoms with Crippen molar-refractivity contribution < 1.29 is 9.90 Å². The van der Waals surface area contributed by atoms with E-state index >= 15 is 0 Å². The number of likely N-dealkylation sites (tertiary alicyclic amines) is 1. The van der Waals surface area contributed by atoms with Crippen LogP contribution >= 0.6 is 0 Å². The lowest BCUT2D eigenvalue weighted by Crippen LogP contribution is -2.42. The molecule has 1 aliphatic heterocycles. The van der Waals surface area contributed by atoms with Crippen molar-refractivity contribution in [3.8, 4) is 0 Å². The zero-order chi connectivity index (χ0) is 11.5. The van der Waals surface area contributed by atoms with Crippen molar-refractivity contribution in [2.45, 2.75) is 31.8 Å². The van der Waals surface area contributed by atoms with Gasteiger partial charge in [-0.3, -0.25) is 9.69 Å². The van der Waals surface area contributed by atoms with Gasteiger partial charge in [-0.1, -0.05) is 0 Å². The number of rotatable bonds is 4. The van der Waals surface area contributed by atoms with Crippen LogP contribution in [-0.2, 0) is 4.79 Å². The number of carbonyl (C=O) groups is 1. The van der Waals surface area contributed by atoms with Crippen LogP contribution in [-0.4, -0.2) is 60.1 Å². The summed E-state index contributed by atoms with van der Waals surface area (Å²) in [6.07, 6.45) is 4.03. The highest BCUT2D eigenvalue weighted by Crippen LogP contribution is 2.27. The number of aliphatic hydroxyl groups is 1. The first-order chi connectivity index (χ1) is 7.65. The maximum absolute atomic E-state index is 11.8. The van der Waals surface area contributed by atoms with Crippen LogP contribution in [0.25, 0.3) is 0 Å². The molecule has 16 heavy (non-hydrogen) atoms. The fourth-order valence-corrected chi connectivity index (χ4v) is 2.65. The molecule has 2 fully saturated rings. The zero-order valence-electron chi connectivity index (χ0n) is 10.1. The first-order valence-corrected chi connectivity index (χ1v) is 6.29. The molecule has 4 nitrogen and oxygen atoms in total. The van der Waals surface area contributed by atoms with Crippen molar-refractivity contribution in [3.05, 3.63) is 0 Å². The highest BCUT2D eigenvalue weighted by atomic mass is 16.3. The second kappa shape index (κ2) is 5.15. The molecule has 0 spiro atoms. The Morgan fingerprint density at radius 1 is 1.38 bits per heavy atom. The first kappa shape index (κ1) is 11.9. The Morgan fingerprint density at radius 2 is 2.00 bits per heavy atom. The number of nitrogens with zero attached hydrogens (tertiary/aromatic N) is 2. The molecule has 1 saturated carbocycles. The molecule has 0 atom stereocenters. The Kier molecular flexibility index (Phi) is 3.82. The van der Waals surface area contributed by atoms with E-state index in [1.54, 1.807) is 0 Å². The molecule has 0 aromatic rings. The number of carbonyl (C=O) groups excluding carboxylic acids is 1. The summed E-state index contributed by atoms with van der Waals surface area (Å²) < 4.78 is 0. The van der Waals surface area contributed by atoms with Crippen LogP contribution in [0.2, 0.25) is 0 Å². The third-order valence-corrected chi connectivity index (χ3v) is 3.64. The Labute approximate surface area is 97.2 Å². The highest BCUT2D eigenvalue weighted by molar-refractivity contribution is 5.78. The van der Waals surface area contributed by atoms with E-state index in [0.717, 1.165) is 45.3 Å². The van der Waals surface area contributed by atoms with Crippen LogP contribution in [0.4, 0.5) is 0 Å². The molecule has 1 aliphatic carbocycles. The molecule has 0 aromatic carbocycles. The van der Waals surface area contributed by atoms with Gasteiger partial charge >= 0.3 is 0 Å². The largest absolute Gasteiger partial charge is 0.393 e. The van der Waals surface area contributed by atoms with Crippen molar-refractivity contribution in [3.63, 3.8) is 0 Å². The second-order valence-electron chi connectivity index (χ2n) is 5.28. The number of hydrogen-bond acceptors (Lipinski definition) is 3. The summed E-state index contributed by atoms with van der Waals surface area (Å²) in [7, 11) is 2.00. The average molecular weight is 226 g/mol. The summed E-state index contributed by atoms with van der Waals surface area (Å²) in [6, 6.07) is 0. The summed E-state index contributed by atoms with van der Waals surface area (Å²) in [4.78, 5) is 15.9. The van der Waals surface area contributed by atoms with E-state index in [1.807, 2.05) is 11.9 Å². The molecule has 2 aliphatic rings. The van der Waals surface area contributed by atoms with Gasteiger partial charge in [-0.25, -0.2) is 0 Å². The average Bonchev–Trinajstić information content (AvgIpc) is 2.67. The van der Waals surface area contributed by atoms with Gasteiger partial charge in [-0.15, -0.1) is 0 Å². The number of amides is 1. The summed E-state index contributed by atoms with van der Waals surface area (Å²) in [5.41, 5.74) is 0. The van der Waals surface area contributed by atoms with Gasteiger partial charge in [0, 0.05) is 19.6 Å². The molecular formula is C12H22N2O2. The summed E-state index contributed by atoms with van der Waals surface area (Å²) in [5.74, 6) is 0.853. The number of aliphatic hydroxyl groups excluding tert-OH is 1. The van der Waals surface area contributed by atoms with Crippen molar-refractivity contribution in [2.24, 2.45) is 5.92 Å². The topological polar surface area (TPSA) is 43.8 Å². The quantitative estimate of drug-likeness (QED) is 0.750. The molecule has 0 unspecified atom stereocenters. The molecule has 92 valence electrons. The Bertz CT molecular complexity index is 245. The first-order valence-electron chi connectivity index (χ1n) is 6.29. The predicted molar refractivity (Wildman–Crippen MR) is 62.0 cm³/mol. The van der Waals surface area contributed by atoms with Gasteiger partial charge in [0.05, 0.1) is 12.6 Å². The highest BCUT2D eigenvalue weighted by Gasteiger charge is 2.28. The normalized spacial score (nSPS) is 29.6. The molecule has 1 heterocycles. The summed E-state index contributed by atoms with van der Waals surface area (Å²) in [5, 5.41) is 9.19. The summed E-state index contributed by atoms with van der Waals surface area (Å²) in [6.45, 7) is 3.35. The second-order valence-corrected chi connectivity index (χ2v) is 5.28. The lowest BCUT2D eigenvalue weighted by atomic mass is 9.82. The minimum absolute atomic E-state index is 0.0901. The van der Waals surface area contributed by atoms with E-state index in [-0.39, 0.29) is 12.0 Å². The molecule has 4 heteroatoms. The van der Waals surface area contributed by atoms with Gasteiger partial charge in [-0.2, -0.15) is 0 Å². The molecule has 0 bridgehead atoms. The third-order valence-electron chi connectivity index (χ3n) is 3.64. The van der Waals surface area contributed by atoms with Gasteiger partial charge < -0.3 is 10.0 Å². The minimum atomic E-state index is -0.0901. The van der Waals surface area contributed by atoms with E-state index in [0.29, 0.717) is 12.5 Å². The lowest BCUT2D eigenvalue weighted by molar-refractivity contribution is -0.131. The van der Waals surface area contributed by atoms with Crippen LogP contribution in [0.15, 0.2) is 0 Å². The van der Waals surface area contributed by atoms with E-state index < -0.39 is 0 Å². The minimum Gasteiger partial charge on any atom is -0.393 e. The molecule has 0 radical (unpaired) electrons. The van der Waals surface area contributed by atoms with Crippen LogP contribution < -0.4 is 0 Å². The summed E-state index contributed by atoms with van der Waals surface area (Å²) >= 11 is 0. The van der Waals surface area contributed by atoms with Crippen molar-refractivity contribution >= 4 is 5.91 Å². The van der Waals surface area contributed by atoms with Gasteiger partial charge in [0.1, 0.15) is 0 Å². The van der Waals surface area contributed by atoms with Gasteiger partial charge in [-0.05, 0) is 38.6 Å². The van der Waals surface area contributed by atoms with Crippen molar-refractivity contribution in [1.82, 2.24) is 9.80 Å². The molecule has 1 saturated heterocycles. The van der Waals surface area contributed by atoms with Crippen molar-refractivity contribution in [1.29, 1.82) is 0 Å². The van der Waals surface area contributed by atoms with E-state index in [9.17, 15) is 9.90 Å². The smallest absolute Gasteiger partial charge is 0.236 e. The Morgan fingerprint density at radius 3 is 2.56 bits per heavy atom. The van der Waals surface area contributed by atoms with E-state index in [2.05, 4.69) is 4.90 Å². The SMILES string of the molecule is CN(CC(=O)N1CCCC1)CC1CC(O)C1. The molecule has 2 rings (SSSR count). The molecule has 0 aromatic heterocycles. The van der Waals surface area contributed by atoms with Crippen LogP contribution in [0.3, 0.4) is 0 Å². The van der Waals surface area contributed by atoms with Crippen molar-refractivity contribution in [2.75, 3.05) is 33.2 Å².